The van der Waals surface area contributed by atoms with Crippen molar-refractivity contribution in [3.05, 3.63) is 34.9 Å². The number of allylic oxidation sites excluding steroid dienone is 1. The molecule has 3 aliphatic carbocycles. The summed E-state index contributed by atoms with van der Waals surface area (Å²) in [6, 6.07) is 3.04. The van der Waals surface area contributed by atoms with Crippen molar-refractivity contribution >= 4 is 35.0 Å². The minimum absolute atomic E-state index is 0.0582. The van der Waals surface area contributed by atoms with Crippen molar-refractivity contribution in [2.45, 2.75) is 30.3 Å². The minimum Gasteiger partial charge on any atom is -0.299 e. The van der Waals surface area contributed by atoms with Crippen LogP contribution in [0.15, 0.2) is 34.2 Å². The average molecular weight is 381 g/mol. The van der Waals surface area contributed by atoms with E-state index in [9.17, 15) is 27.6 Å². The number of anilines is 1. The number of rotatable bonds is 2. The molecule has 4 nitrogen and oxygen atoms in total. The predicted molar refractivity (Wildman–Crippen MR) is 88.6 cm³/mol. The van der Waals surface area contributed by atoms with Gasteiger partial charge in [0.1, 0.15) is 5.78 Å². The van der Waals surface area contributed by atoms with Crippen molar-refractivity contribution in [1.82, 2.24) is 0 Å². The summed E-state index contributed by atoms with van der Waals surface area (Å²) in [5.74, 6) is -2.60. The van der Waals surface area contributed by atoms with Crippen molar-refractivity contribution in [2.75, 3.05) is 11.2 Å². The highest BCUT2D eigenvalue weighted by Crippen LogP contribution is 2.50. The van der Waals surface area contributed by atoms with Crippen LogP contribution in [-0.2, 0) is 20.6 Å². The molecular weight excluding hydrogens is 367 g/mol. The highest BCUT2D eigenvalue weighted by Gasteiger charge is 2.55. The van der Waals surface area contributed by atoms with Gasteiger partial charge in [-0.05, 0) is 37.3 Å². The van der Waals surface area contributed by atoms with Crippen LogP contribution in [0, 0.1) is 11.8 Å². The van der Waals surface area contributed by atoms with E-state index in [4.69, 9.17) is 0 Å². The van der Waals surface area contributed by atoms with Crippen LogP contribution < -0.4 is 4.90 Å². The van der Waals surface area contributed by atoms with Gasteiger partial charge in [0.25, 0.3) is 5.91 Å². The summed E-state index contributed by atoms with van der Waals surface area (Å²) >= 11 is 1.16. The third-order valence-corrected chi connectivity index (χ3v) is 6.10. The first-order chi connectivity index (χ1) is 12.2. The van der Waals surface area contributed by atoms with Gasteiger partial charge in [0.05, 0.1) is 17.2 Å². The Hall–Kier alpha value is -2.09. The summed E-state index contributed by atoms with van der Waals surface area (Å²) in [6.07, 6.45) is -1.64. The zero-order chi connectivity index (χ0) is 18.8. The molecule has 0 aromatic heterocycles. The van der Waals surface area contributed by atoms with Crippen molar-refractivity contribution in [3.8, 4) is 0 Å². The molecular formula is C18H14F3NO3S. The highest BCUT2D eigenvalue weighted by atomic mass is 32.2. The fourth-order valence-corrected chi connectivity index (χ4v) is 4.70. The Balaban J connectivity index is 1.85. The molecule has 2 amide bonds. The number of alkyl halides is 3. The number of Topliss-reactive ketones (excluding diaryl/α,β-unsaturated/α-hetero) is 1. The molecule has 2 fully saturated rings. The van der Waals surface area contributed by atoms with Crippen LogP contribution in [0.5, 0.6) is 0 Å². The Morgan fingerprint density at radius 2 is 1.92 bits per heavy atom. The molecule has 1 aromatic rings. The highest BCUT2D eigenvalue weighted by molar-refractivity contribution is 7.98. The quantitative estimate of drug-likeness (QED) is 0.580. The van der Waals surface area contributed by atoms with E-state index in [2.05, 4.69) is 0 Å². The summed E-state index contributed by atoms with van der Waals surface area (Å²) in [4.78, 5) is 39.2. The fraction of sp³-hybridized carbons (Fsp3) is 0.389. The van der Waals surface area contributed by atoms with E-state index < -0.39 is 35.4 Å². The van der Waals surface area contributed by atoms with Gasteiger partial charge in [-0.3, -0.25) is 14.4 Å². The summed E-state index contributed by atoms with van der Waals surface area (Å²) in [5.41, 5.74) is 0.0190. The van der Waals surface area contributed by atoms with Crippen molar-refractivity contribution in [3.63, 3.8) is 0 Å². The summed E-state index contributed by atoms with van der Waals surface area (Å²) in [7, 11) is 0. The molecule has 2 bridgehead atoms. The first-order valence-corrected chi connectivity index (χ1v) is 9.34. The lowest BCUT2D eigenvalue weighted by atomic mass is 9.67. The van der Waals surface area contributed by atoms with Gasteiger partial charge in [0, 0.05) is 22.8 Å². The monoisotopic (exact) mass is 381 g/mol. The van der Waals surface area contributed by atoms with Gasteiger partial charge >= 0.3 is 6.18 Å². The molecule has 136 valence electrons. The molecule has 2 atom stereocenters. The number of hydrogen-bond donors (Lipinski definition) is 0. The molecule has 1 saturated heterocycles. The van der Waals surface area contributed by atoms with Crippen LogP contribution >= 0.6 is 11.8 Å². The second-order valence-corrected chi connectivity index (χ2v) is 7.49. The maximum absolute atomic E-state index is 13.1. The van der Waals surface area contributed by atoms with Gasteiger partial charge in [-0.25, -0.2) is 4.90 Å². The van der Waals surface area contributed by atoms with E-state index in [1.807, 2.05) is 0 Å². The van der Waals surface area contributed by atoms with Gasteiger partial charge in [0.2, 0.25) is 5.91 Å². The second-order valence-electron chi connectivity index (χ2n) is 6.65. The number of thioether (sulfide) groups is 1. The largest absolute Gasteiger partial charge is 0.416 e. The molecule has 1 heterocycles. The number of amides is 2. The Morgan fingerprint density at radius 1 is 1.19 bits per heavy atom. The first-order valence-electron chi connectivity index (χ1n) is 8.12. The Labute approximate surface area is 151 Å². The molecule has 8 heteroatoms. The minimum atomic E-state index is -4.58. The number of ketones is 1. The van der Waals surface area contributed by atoms with Gasteiger partial charge in [0.15, 0.2) is 0 Å². The molecule has 1 saturated carbocycles. The number of halogens is 3. The summed E-state index contributed by atoms with van der Waals surface area (Å²) in [6.45, 7) is 0. The number of carbonyl (C=O) groups is 3. The first kappa shape index (κ1) is 17.3. The Bertz CT molecular complexity index is 890. The van der Waals surface area contributed by atoms with Crippen molar-refractivity contribution in [1.29, 1.82) is 0 Å². The van der Waals surface area contributed by atoms with Gasteiger partial charge in [-0.1, -0.05) is 5.57 Å². The van der Waals surface area contributed by atoms with Gasteiger partial charge < -0.3 is 0 Å². The molecule has 4 aliphatic rings. The number of nitrogens with zero attached hydrogens (tertiary/aromatic N) is 1. The Morgan fingerprint density at radius 3 is 2.54 bits per heavy atom. The SMILES string of the molecule is CSc1ccc(C(F)(F)F)cc1N1C(=O)C2=C3CCC(C(=O)C3)C2C1=O. The smallest absolute Gasteiger partial charge is 0.299 e. The number of fused-ring (bicyclic) bond motifs is 2. The van der Waals surface area contributed by atoms with Crippen LogP contribution in [0.3, 0.4) is 0 Å². The van der Waals surface area contributed by atoms with Crippen LogP contribution in [0.25, 0.3) is 0 Å². The summed E-state index contributed by atoms with van der Waals surface area (Å²) in [5, 5.41) is 0. The van der Waals surface area contributed by atoms with Crippen molar-refractivity contribution < 1.29 is 27.6 Å². The number of benzene rings is 1. The maximum Gasteiger partial charge on any atom is 0.416 e. The van der Waals surface area contributed by atoms with Crippen molar-refractivity contribution in [2.24, 2.45) is 11.8 Å². The van der Waals surface area contributed by atoms with E-state index in [-0.39, 0.29) is 17.9 Å². The maximum atomic E-state index is 13.1. The zero-order valence-electron chi connectivity index (χ0n) is 13.7. The standard InChI is InChI=1S/C18H14F3NO3S/c1-26-13-5-3-9(18(19,20)21)7-11(13)22-16(24)14-8-2-4-10(12(23)6-8)15(14)17(22)25/h3,5,7,10,15H,2,4,6H2,1H3. The normalized spacial score (nSPS) is 25.4. The van der Waals surface area contributed by atoms with E-state index in [1.165, 1.54) is 6.07 Å². The molecule has 2 unspecified atom stereocenters. The zero-order valence-corrected chi connectivity index (χ0v) is 14.5. The van der Waals surface area contributed by atoms with E-state index in [1.54, 1.807) is 6.26 Å². The second kappa shape index (κ2) is 5.70. The molecule has 0 spiro atoms. The Kier molecular flexibility index (Phi) is 3.80. The van der Waals surface area contributed by atoms with Crippen LogP contribution in [-0.4, -0.2) is 23.9 Å². The molecule has 26 heavy (non-hydrogen) atoms. The lowest BCUT2D eigenvalue weighted by Crippen LogP contribution is -2.38. The predicted octanol–water partition coefficient (Wildman–Crippen LogP) is 3.60. The van der Waals surface area contributed by atoms with Crippen LogP contribution in [0.4, 0.5) is 18.9 Å². The van der Waals surface area contributed by atoms with E-state index in [0.717, 1.165) is 28.8 Å². The molecule has 1 aromatic carbocycles. The molecule has 0 N–H and O–H groups in total. The van der Waals surface area contributed by atoms with Crippen LogP contribution in [0.2, 0.25) is 0 Å². The van der Waals surface area contributed by atoms with E-state index in [0.29, 0.717) is 28.9 Å². The van der Waals surface area contributed by atoms with Gasteiger partial charge in [-0.2, -0.15) is 13.2 Å². The lowest BCUT2D eigenvalue weighted by molar-refractivity contribution is -0.137. The fourth-order valence-electron chi connectivity index (χ4n) is 4.13. The number of carbonyl (C=O) groups excluding carboxylic acids is 3. The number of hydrogen-bond acceptors (Lipinski definition) is 4. The third kappa shape index (κ3) is 2.35. The molecule has 5 rings (SSSR count). The summed E-state index contributed by atoms with van der Waals surface area (Å²) < 4.78 is 39.4. The lowest BCUT2D eigenvalue weighted by Gasteiger charge is -2.33. The molecule has 0 radical (unpaired) electrons. The number of imide groups is 1. The van der Waals surface area contributed by atoms with Crippen LogP contribution in [0.1, 0.15) is 24.8 Å². The topological polar surface area (TPSA) is 54.5 Å². The third-order valence-electron chi connectivity index (χ3n) is 5.32. The average Bonchev–Trinajstić information content (AvgIpc) is 2.86. The van der Waals surface area contributed by atoms with E-state index >= 15 is 0 Å². The molecule has 1 aliphatic heterocycles. The van der Waals surface area contributed by atoms with Gasteiger partial charge in [-0.15, -0.1) is 11.8 Å².